The molecule has 0 unspecified atom stereocenters. The third-order valence-corrected chi connectivity index (χ3v) is 3.66. The van der Waals surface area contributed by atoms with Gasteiger partial charge in [0, 0.05) is 6.54 Å². The highest BCUT2D eigenvalue weighted by atomic mass is 16.5. The van der Waals surface area contributed by atoms with Crippen LogP contribution in [0.15, 0.2) is 29.8 Å². The summed E-state index contributed by atoms with van der Waals surface area (Å²) < 4.78 is 5.39. The van der Waals surface area contributed by atoms with Crippen molar-refractivity contribution in [2.45, 2.75) is 45.6 Å². The molecule has 1 aromatic carbocycles. The Morgan fingerprint density at radius 3 is 2.95 bits per heavy atom. The molecule has 0 aliphatic heterocycles. The molecule has 1 aliphatic carbocycles. The van der Waals surface area contributed by atoms with Crippen molar-refractivity contribution in [3.63, 3.8) is 0 Å². The first-order valence-electron chi connectivity index (χ1n) is 7.63. The normalized spacial score (nSPS) is 14.9. The van der Waals surface area contributed by atoms with Crippen molar-refractivity contribution in [1.29, 1.82) is 0 Å². The standard InChI is InChI=1S/C17H25NO2/c1-2-20-17-12-15(8-9-16(17)19)13-18-11-10-14-6-4-3-5-7-14/h6,8-9,12,18-19H,2-5,7,10-11,13H2,1H3. The van der Waals surface area contributed by atoms with Crippen molar-refractivity contribution >= 4 is 0 Å². The quantitative estimate of drug-likeness (QED) is 0.588. The van der Waals surface area contributed by atoms with E-state index < -0.39 is 0 Å². The minimum atomic E-state index is 0.211. The molecule has 2 rings (SSSR count). The summed E-state index contributed by atoms with van der Waals surface area (Å²) in [5.74, 6) is 0.782. The molecule has 110 valence electrons. The highest BCUT2D eigenvalue weighted by Gasteiger charge is 2.05. The first-order chi connectivity index (χ1) is 9.79. The Hall–Kier alpha value is -1.48. The summed E-state index contributed by atoms with van der Waals surface area (Å²) in [5.41, 5.74) is 2.74. The van der Waals surface area contributed by atoms with Gasteiger partial charge in [-0.3, -0.25) is 0 Å². The second kappa shape index (κ2) is 7.95. The van der Waals surface area contributed by atoms with Crippen LogP contribution in [0.3, 0.4) is 0 Å². The van der Waals surface area contributed by atoms with Crippen LogP contribution in [0.4, 0.5) is 0 Å². The van der Waals surface area contributed by atoms with Crippen molar-refractivity contribution in [2.75, 3.05) is 13.2 Å². The van der Waals surface area contributed by atoms with Gasteiger partial charge in [0.2, 0.25) is 0 Å². The fourth-order valence-corrected chi connectivity index (χ4v) is 2.55. The summed E-state index contributed by atoms with van der Waals surface area (Å²) in [6.45, 7) is 4.31. The summed E-state index contributed by atoms with van der Waals surface area (Å²) >= 11 is 0. The maximum absolute atomic E-state index is 9.65. The van der Waals surface area contributed by atoms with Crippen LogP contribution < -0.4 is 10.1 Å². The molecule has 0 saturated carbocycles. The molecule has 1 aromatic rings. The third-order valence-electron chi connectivity index (χ3n) is 3.66. The van der Waals surface area contributed by atoms with Crippen LogP contribution in [-0.4, -0.2) is 18.3 Å². The first-order valence-corrected chi connectivity index (χ1v) is 7.63. The molecule has 1 aliphatic rings. The van der Waals surface area contributed by atoms with Crippen LogP contribution >= 0.6 is 0 Å². The fourth-order valence-electron chi connectivity index (χ4n) is 2.55. The Morgan fingerprint density at radius 1 is 1.30 bits per heavy atom. The topological polar surface area (TPSA) is 41.5 Å². The predicted octanol–water partition coefficient (Wildman–Crippen LogP) is 3.77. The Labute approximate surface area is 121 Å². The maximum atomic E-state index is 9.65. The van der Waals surface area contributed by atoms with Crippen molar-refractivity contribution in [2.24, 2.45) is 0 Å². The first kappa shape index (κ1) is 14.9. The summed E-state index contributed by atoms with van der Waals surface area (Å²) in [4.78, 5) is 0. The van der Waals surface area contributed by atoms with Gasteiger partial charge in [0.05, 0.1) is 6.61 Å². The molecule has 3 nitrogen and oxygen atoms in total. The highest BCUT2D eigenvalue weighted by molar-refractivity contribution is 5.41. The highest BCUT2D eigenvalue weighted by Crippen LogP contribution is 2.26. The van der Waals surface area contributed by atoms with Gasteiger partial charge in [-0.15, -0.1) is 0 Å². The molecule has 20 heavy (non-hydrogen) atoms. The van der Waals surface area contributed by atoms with Gasteiger partial charge >= 0.3 is 0 Å². The smallest absolute Gasteiger partial charge is 0.161 e. The van der Waals surface area contributed by atoms with E-state index in [0.29, 0.717) is 12.4 Å². The Balaban J connectivity index is 1.76. The largest absolute Gasteiger partial charge is 0.504 e. The van der Waals surface area contributed by atoms with Gasteiger partial charge in [-0.2, -0.15) is 0 Å². The number of aromatic hydroxyl groups is 1. The van der Waals surface area contributed by atoms with E-state index in [1.54, 1.807) is 11.6 Å². The molecule has 0 heterocycles. The van der Waals surface area contributed by atoms with E-state index in [4.69, 9.17) is 4.74 Å². The lowest BCUT2D eigenvalue weighted by atomic mass is 9.97. The zero-order chi connectivity index (χ0) is 14.2. The van der Waals surface area contributed by atoms with E-state index in [9.17, 15) is 5.11 Å². The molecule has 3 heteroatoms. The van der Waals surface area contributed by atoms with Gasteiger partial charge in [-0.25, -0.2) is 0 Å². The molecule has 0 spiro atoms. The minimum Gasteiger partial charge on any atom is -0.504 e. The zero-order valence-electron chi connectivity index (χ0n) is 12.3. The summed E-state index contributed by atoms with van der Waals surface area (Å²) in [5, 5.41) is 13.1. The summed E-state index contributed by atoms with van der Waals surface area (Å²) in [7, 11) is 0. The minimum absolute atomic E-state index is 0.211. The van der Waals surface area contributed by atoms with Crippen LogP contribution in [-0.2, 0) is 6.54 Å². The maximum Gasteiger partial charge on any atom is 0.161 e. The Kier molecular flexibility index (Phi) is 5.93. The number of phenols is 1. The molecule has 0 fully saturated rings. The van der Waals surface area contributed by atoms with E-state index in [1.807, 2.05) is 19.1 Å². The SMILES string of the molecule is CCOc1cc(CNCCC2=CCCCC2)ccc1O. The predicted molar refractivity (Wildman–Crippen MR) is 82.2 cm³/mol. The van der Waals surface area contributed by atoms with Gasteiger partial charge in [0.1, 0.15) is 0 Å². The van der Waals surface area contributed by atoms with Gasteiger partial charge in [-0.05, 0) is 63.3 Å². The average molecular weight is 275 g/mol. The molecule has 2 N–H and O–H groups in total. The van der Waals surface area contributed by atoms with Crippen LogP contribution in [0.25, 0.3) is 0 Å². The Morgan fingerprint density at radius 2 is 2.20 bits per heavy atom. The average Bonchev–Trinajstić information content (AvgIpc) is 2.48. The number of hydrogen-bond acceptors (Lipinski definition) is 3. The molecular formula is C17H25NO2. The van der Waals surface area contributed by atoms with E-state index in [2.05, 4.69) is 11.4 Å². The van der Waals surface area contributed by atoms with E-state index >= 15 is 0 Å². The lowest BCUT2D eigenvalue weighted by Crippen LogP contribution is -2.15. The molecule has 0 aromatic heterocycles. The van der Waals surface area contributed by atoms with Crippen LogP contribution in [0.1, 0.15) is 44.6 Å². The van der Waals surface area contributed by atoms with Crippen LogP contribution in [0, 0.1) is 0 Å². The van der Waals surface area contributed by atoms with Crippen molar-refractivity contribution in [3.05, 3.63) is 35.4 Å². The molecule has 0 radical (unpaired) electrons. The number of nitrogens with one attached hydrogen (secondary N) is 1. The lowest BCUT2D eigenvalue weighted by molar-refractivity contribution is 0.317. The van der Waals surface area contributed by atoms with E-state index in [0.717, 1.165) is 25.1 Å². The van der Waals surface area contributed by atoms with Gasteiger partial charge in [0.15, 0.2) is 11.5 Å². The van der Waals surface area contributed by atoms with Gasteiger partial charge in [-0.1, -0.05) is 17.7 Å². The fraction of sp³-hybridized carbons (Fsp3) is 0.529. The summed E-state index contributed by atoms with van der Waals surface area (Å²) in [6, 6.07) is 5.54. The zero-order valence-corrected chi connectivity index (χ0v) is 12.3. The Bertz CT molecular complexity index is 454. The summed E-state index contributed by atoms with van der Waals surface area (Å²) in [6.07, 6.45) is 8.78. The number of hydrogen-bond donors (Lipinski definition) is 2. The molecule has 0 amide bonds. The van der Waals surface area contributed by atoms with E-state index in [-0.39, 0.29) is 5.75 Å². The van der Waals surface area contributed by atoms with Crippen molar-refractivity contribution < 1.29 is 9.84 Å². The number of benzene rings is 1. The van der Waals surface area contributed by atoms with Gasteiger partial charge in [0.25, 0.3) is 0 Å². The van der Waals surface area contributed by atoms with E-state index in [1.165, 1.54) is 25.7 Å². The molecule has 0 saturated heterocycles. The van der Waals surface area contributed by atoms with Crippen LogP contribution in [0.2, 0.25) is 0 Å². The molecular weight excluding hydrogens is 250 g/mol. The second-order valence-electron chi connectivity index (χ2n) is 5.27. The molecule has 0 bridgehead atoms. The lowest BCUT2D eigenvalue weighted by Gasteiger charge is -2.13. The number of rotatable bonds is 7. The monoisotopic (exact) mass is 275 g/mol. The molecule has 0 atom stereocenters. The number of ether oxygens (including phenoxy) is 1. The third kappa shape index (κ3) is 4.57. The number of phenolic OH excluding ortho intramolecular Hbond substituents is 1. The van der Waals surface area contributed by atoms with Gasteiger partial charge < -0.3 is 15.2 Å². The number of allylic oxidation sites excluding steroid dienone is 1. The van der Waals surface area contributed by atoms with Crippen molar-refractivity contribution in [1.82, 2.24) is 5.32 Å². The van der Waals surface area contributed by atoms with Crippen LogP contribution in [0.5, 0.6) is 11.5 Å². The second-order valence-corrected chi connectivity index (χ2v) is 5.27. The van der Waals surface area contributed by atoms with Crippen molar-refractivity contribution in [3.8, 4) is 11.5 Å².